The van der Waals surface area contributed by atoms with Gasteiger partial charge in [0.1, 0.15) is 0 Å². The van der Waals surface area contributed by atoms with E-state index in [1.54, 1.807) is 0 Å². The van der Waals surface area contributed by atoms with Crippen molar-refractivity contribution in [2.75, 3.05) is 13.2 Å². The van der Waals surface area contributed by atoms with Crippen LogP contribution in [0.25, 0.3) is 0 Å². The molecule has 2 nitrogen and oxygen atoms in total. The van der Waals surface area contributed by atoms with Crippen molar-refractivity contribution in [3.05, 3.63) is 35.4 Å². The van der Waals surface area contributed by atoms with E-state index in [9.17, 15) is 0 Å². The summed E-state index contributed by atoms with van der Waals surface area (Å²) in [5.74, 6) is 0.570. The second-order valence-corrected chi connectivity index (χ2v) is 9.22. The molecule has 0 N–H and O–H groups in total. The maximum atomic E-state index is 5.75. The second-order valence-electron chi connectivity index (χ2n) is 9.22. The van der Waals surface area contributed by atoms with E-state index < -0.39 is 0 Å². The number of ether oxygens (including phenoxy) is 2. The summed E-state index contributed by atoms with van der Waals surface area (Å²) in [5, 5.41) is 0. The van der Waals surface area contributed by atoms with Gasteiger partial charge in [-0.15, -0.1) is 0 Å². The van der Waals surface area contributed by atoms with Crippen molar-refractivity contribution in [3.63, 3.8) is 0 Å². The van der Waals surface area contributed by atoms with Crippen LogP contribution in [0, 0.1) is 10.8 Å². The third kappa shape index (κ3) is 5.93. The van der Waals surface area contributed by atoms with E-state index in [-0.39, 0.29) is 5.41 Å². The normalized spacial score (nSPS) is 20.2. The van der Waals surface area contributed by atoms with E-state index in [2.05, 4.69) is 65.8 Å². The molecular weight excluding hydrogens is 284 g/mol. The fraction of sp³-hybridized carbons (Fsp3) is 0.714. The molecule has 1 aliphatic rings. The minimum atomic E-state index is 0.271. The topological polar surface area (TPSA) is 18.5 Å². The second kappa shape index (κ2) is 7.36. The van der Waals surface area contributed by atoms with Crippen molar-refractivity contribution in [2.45, 2.75) is 73.0 Å². The zero-order chi connectivity index (χ0) is 17.1. The molecule has 1 aliphatic heterocycles. The molecular formula is C21H34O2. The molecule has 1 aromatic rings. The predicted molar refractivity (Wildman–Crippen MR) is 96.7 cm³/mol. The van der Waals surface area contributed by atoms with Gasteiger partial charge in [0.15, 0.2) is 0 Å². The van der Waals surface area contributed by atoms with Crippen molar-refractivity contribution in [1.82, 2.24) is 0 Å². The lowest BCUT2D eigenvalue weighted by Gasteiger charge is -2.36. The average molecular weight is 319 g/mol. The third-order valence-electron chi connectivity index (χ3n) is 4.61. The highest BCUT2D eigenvalue weighted by Gasteiger charge is 2.30. The molecule has 1 fully saturated rings. The Kier molecular flexibility index (Phi) is 5.91. The summed E-state index contributed by atoms with van der Waals surface area (Å²) in [6.45, 7) is 16.3. The van der Waals surface area contributed by atoms with Crippen LogP contribution in [0.1, 0.15) is 71.4 Å². The Morgan fingerprint density at radius 3 is 2.13 bits per heavy atom. The highest BCUT2D eigenvalue weighted by Crippen LogP contribution is 2.43. The van der Waals surface area contributed by atoms with Gasteiger partial charge in [0.05, 0.1) is 19.3 Å². The molecule has 2 heteroatoms. The number of hydrogen-bond acceptors (Lipinski definition) is 2. The van der Waals surface area contributed by atoms with Gasteiger partial charge in [0.2, 0.25) is 0 Å². The van der Waals surface area contributed by atoms with Crippen LogP contribution in [0.15, 0.2) is 24.3 Å². The van der Waals surface area contributed by atoms with Crippen molar-refractivity contribution >= 4 is 0 Å². The van der Waals surface area contributed by atoms with Crippen LogP contribution in [0.2, 0.25) is 0 Å². The molecule has 2 atom stereocenters. The van der Waals surface area contributed by atoms with Gasteiger partial charge in [-0.3, -0.25) is 0 Å². The SMILES string of the molecule is CC(C)(C)CC(c1ccc(COCC2CCO2)cc1)C(C)(C)C. The lowest BCUT2D eigenvalue weighted by molar-refractivity contribution is -0.0967. The number of benzene rings is 1. The summed E-state index contributed by atoms with van der Waals surface area (Å²) >= 11 is 0. The van der Waals surface area contributed by atoms with Gasteiger partial charge in [-0.25, -0.2) is 0 Å². The average Bonchev–Trinajstić information content (AvgIpc) is 2.38. The Labute approximate surface area is 142 Å². The molecule has 2 rings (SSSR count). The van der Waals surface area contributed by atoms with Crippen molar-refractivity contribution < 1.29 is 9.47 Å². The first kappa shape index (κ1) is 18.5. The Balaban J connectivity index is 1.97. The molecule has 1 aromatic carbocycles. The summed E-state index contributed by atoms with van der Waals surface area (Å²) in [7, 11) is 0. The fourth-order valence-electron chi connectivity index (χ4n) is 3.11. The maximum Gasteiger partial charge on any atom is 0.0830 e. The van der Waals surface area contributed by atoms with Crippen molar-refractivity contribution in [3.8, 4) is 0 Å². The standard InChI is InChI=1S/C21H34O2/c1-20(2,3)13-19(21(4,5)6)17-9-7-16(8-10-17)14-22-15-18-11-12-23-18/h7-10,18-19H,11-15H2,1-6H3. The third-order valence-corrected chi connectivity index (χ3v) is 4.61. The fourth-order valence-corrected chi connectivity index (χ4v) is 3.11. The molecule has 1 heterocycles. The van der Waals surface area contributed by atoms with Crippen LogP contribution < -0.4 is 0 Å². The van der Waals surface area contributed by atoms with Crippen LogP contribution in [0.4, 0.5) is 0 Å². The first-order chi connectivity index (χ1) is 10.6. The zero-order valence-corrected chi connectivity index (χ0v) is 15.8. The van der Waals surface area contributed by atoms with E-state index in [0.29, 0.717) is 24.0 Å². The van der Waals surface area contributed by atoms with Crippen LogP contribution in [0.3, 0.4) is 0 Å². The summed E-state index contributed by atoms with van der Waals surface area (Å²) in [6, 6.07) is 9.02. The monoisotopic (exact) mass is 318 g/mol. The summed E-state index contributed by atoms with van der Waals surface area (Å²) in [6.07, 6.45) is 2.66. The molecule has 0 aliphatic carbocycles. The summed E-state index contributed by atoms with van der Waals surface area (Å²) in [5.41, 5.74) is 3.30. The van der Waals surface area contributed by atoms with Gasteiger partial charge in [0.25, 0.3) is 0 Å². The number of hydrogen-bond donors (Lipinski definition) is 0. The lowest BCUT2D eigenvalue weighted by atomic mass is 9.69. The highest BCUT2D eigenvalue weighted by molar-refractivity contribution is 5.26. The molecule has 0 aromatic heterocycles. The molecule has 1 saturated heterocycles. The molecule has 0 amide bonds. The molecule has 23 heavy (non-hydrogen) atoms. The zero-order valence-electron chi connectivity index (χ0n) is 15.8. The molecule has 0 spiro atoms. The van der Waals surface area contributed by atoms with Gasteiger partial charge in [0, 0.05) is 6.61 Å². The summed E-state index contributed by atoms with van der Waals surface area (Å²) in [4.78, 5) is 0. The van der Waals surface area contributed by atoms with Gasteiger partial charge >= 0.3 is 0 Å². The lowest BCUT2D eigenvalue weighted by Crippen LogP contribution is -2.31. The Bertz CT molecular complexity index is 472. The van der Waals surface area contributed by atoms with Gasteiger partial charge in [-0.2, -0.15) is 0 Å². The van der Waals surface area contributed by atoms with Crippen molar-refractivity contribution in [2.24, 2.45) is 10.8 Å². The first-order valence-corrected chi connectivity index (χ1v) is 8.93. The van der Waals surface area contributed by atoms with Crippen LogP contribution in [-0.4, -0.2) is 19.3 Å². The molecule has 0 radical (unpaired) electrons. The summed E-state index contributed by atoms with van der Waals surface area (Å²) < 4.78 is 11.1. The molecule has 130 valence electrons. The van der Waals surface area contributed by atoms with Crippen molar-refractivity contribution in [1.29, 1.82) is 0 Å². The van der Waals surface area contributed by atoms with Crippen LogP contribution in [0.5, 0.6) is 0 Å². The quantitative estimate of drug-likeness (QED) is 0.684. The first-order valence-electron chi connectivity index (χ1n) is 8.93. The van der Waals surface area contributed by atoms with Crippen LogP contribution >= 0.6 is 0 Å². The Morgan fingerprint density at radius 2 is 1.70 bits per heavy atom. The maximum absolute atomic E-state index is 5.75. The number of rotatable bonds is 6. The smallest absolute Gasteiger partial charge is 0.0830 e. The predicted octanol–water partition coefficient (Wildman–Crippen LogP) is 5.56. The van der Waals surface area contributed by atoms with E-state index in [1.165, 1.54) is 17.5 Å². The van der Waals surface area contributed by atoms with Gasteiger partial charge < -0.3 is 9.47 Å². The Hall–Kier alpha value is -0.860. The Morgan fingerprint density at radius 1 is 1.09 bits per heavy atom. The van der Waals surface area contributed by atoms with Crippen LogP contribution in [-0.2, 0) is 16.1 Å². The molecule has 2 unspecified atom stereocenters. The molecule has 0 saturated carbocycles. The van der Waals surface area contributed by atoms with E-state index >= 15 is 0 Å². The molecule has 0 bridgehead atoms. The largest absolute Gasteiger partial charge is 0.376 e. The van der Waals surface area contributed by atoms with E-state index in [0.717, 1.165) is 19.6 Å². The highest BCUT2D eigenvalue weighted by atomic mass is 16.5. The minimum Gasteiger partial charge on any atom is -0.376 e. The van der Waals surface area contributed by atoms with E-state index in [1.807, 2.05) is 0 Å². The van der Waals surface area contributed by atoms with E-state index in [4.69, 9.17) is 9.47 Å². The minimum absolute atomic E-state index is 0.271. The van der Waals surface area contributed by atoms with Gasteiger partial charge in [-0.05, 0) is 40.7 Å². The van der Waals surface area contributed by atoms with Gasteiger partial charge in [-0.1, -0.05) is 65.8 Å².